The van der Waals surface area contributed by atoms with Crippen molar-refractivity contribution in [2.45, 2.75) is 13.0 Å². The molecule has 0 radical (unpaired) electrons. The molecule has 0 aliphatic rings. The Hall–Kier alpha value is -2.34. The van der Waals surface area contributed by atoms with Gasteiger partial charge in [-0.15, -0.1) is 0 Å². The Morgan fingerprint density at radius 3 is 2.57 bits per heavy atom. The summed E-state index contributed by atoms with van der Waals surface area (Å²) in [6, 6.07) is 5.89. The van der Waals surface area contributed by atoms with Gasteiger partial charge in [-0.1, -0.05) is 35.9 Å². The summed E-state index contributed by atoms with van der Waals surface area (Å²) in [6.45, 7) is 1.46. The molecule has 110 valence electrons. The lowest BCUT2D eigenvalue weighted by atomic mass is 10.1. The molecular weight excluding hydrogens is 296 g/mol. The quantitative estimate of drug-likeness (QED) is 0.667. The first kappa shape index (κ1) is 15.1. The van der Waals surface area contributed by atoms with Crippen LogP contribution < -0.4 is 5.32 Å². The molecule has 7 heteroatoms. The molecule has 2 aromatic rings. The Labute approximate surface area is 125 Å². The van der Waals surface area contributed by atoms with Crippen LogP contribution in [0.4, 0.5) is 0 Å². The number of carbonyl (C=O) groups is 2. The summed E-state index contributed by atoms with van der Waals surface area (Å²) < 4.78 is 4.51. The van der Waals surface area contributed by atoms with Gasteiger partial charge in [0.05, 0.1) is 7.11 Å². The van der Waals surface area contributed by atoms with Crippen LogP contribution in [0.2, 0.25) is 5.15 Å². The lowest BCUT2D eigenvalue weighted by Crippen LogP contribution is -2.39. The number of hydrogen-bond acceptors (Lipinski definition) is 5. The van der Waals surface area contributed by atoms with E-state index in [4.69, 9.17) is 11.6 Å². The molecule has 0 unspecified atom stereocenters. The van der Waals surface area contributed by atoms with Crippen molar-refractivity contribution in [3.63, 3.8) is 0 Å². The topological polar surface area (TPSA) is 88.5 Å². The number of amides is 1. The van der Waals surface area contributed by atoms with Gasteiger partial charge < -0.3 is 15.2 Å². The third-order valence-electron chi connectivity index (χ3n) is 2.96. The first-order valence-electron chi connectivity index (χ1n) is 6.11. The molecule has 2 N–H and O–H groups in total. The molecule has 1 atom stereocenters. The maximum atomic E-state index is 12.1. The average molecular weight is 309 g/mol. The minimum atomic E-state index is -0.867. The maximum Gasteiger partial charge on any atom is 0.328 e. The normalized spacial score (nSPS) is 12.0. The number of benzene rings is 1. The standard InChI is InChI=1S/C14H13ClN2O4/c1-7(14(20)21-2)16-13(19)10-11(18)8-5-3-4-6-9(8)12(15)17-10/h3-7,18H,1-2H3,(H,16,19)/t7-/m1/s1. The first-order chi connectivity index (χ1) is 9.95. The number of hydrogen-bond donors (Lipinski definition) is 2. The van der Waals surface area contributed by atoms with Crippen LogP contribution in [-0.2, 0) is 9.53 Å². The third-order valence-corrected chi connectivity index (χ3v) is 3.24. The van der Waals surface area contributed by atoms with E-state index in [1.165, 1.54) is 14.0 Å². The highest BCUT2D eigenvalue weighted by Gasteiger charge is 2.22. The predicted octanol–water partition coefficient (Wildman–Crippen LogP) is 1.89. The van der Waals surface area contributed by atoms with E-state index in [9.17, 15) is 14.7 Å². The SMILES string of the molecule is COC(=O)[C@@H](C)NC(=O)c1nc(Cl)c2ccccc2c1O. The third kappa shape index (κ3) is 2.90. The number of halogens is 1. The molecule has 0 saturated carbocycles. The second-order valence-corrected chi connectivity index (χ2v) is 4.72. The van der Waals surface area contributed by atoms with Crippen LogP contribution in [-0.4, -0.2) is 35.1 Å². The van der Waals surface area contributed by atoms with Crippen molar-refractivity contribution in [2.24, 2.45) is 0 Å². The van der Waals surface area contributed by atoms with Crippen LogP contribution in [0.15, 0.2) is 24.3 Å². The molecule has 0 bridgehead atoms. The van der Waals surface area contributed by atoms with Crippen molar-refractivity contribution < 1.29 is 19.4 Å². The molecule has 1 aromatic heterocycles. The first-order valence-corrected chi connectivity index (χ1v) is 6.49. The molecule has 2 rings (SSSR count). The smallest absolute Gasteiger partial charge is 0.328 e. The molecule has 0 saturated heterocycles. The highest BCUT2D eigenvalue weighted by Crippen LogP contribution is 2.31. The van der Waals surface area contributed by atoms with Crippen LogP contribution in [0, 0.1) is 0 Å². The second-order valence-electron chi connectivity index (χ2n) is 4.36. The highest BCUT2D eigenvalue weighted by molar-refractivity contribution is 6.34. The minimum absolute atomic E-state index is 0.0965. The van der Waals surface area contributed by atoms with Crippen LogP contribution in [0.25, 0.3) is 10.8 Å². The van der Waals surface area contributed by atoms with E-state index >= 15 is 0 Å². The Bertz CT molecular complexity index is 717. The number of rotatable bonds is 3. The van der Waals surface area contributed by atoms with E-state index in [1.807, 2.05) is 0 Å². The molecule has 0 aliphatic carbocycles. The van der Waals surface area contributed by atoms with Crippen LogP contribution in [0.3, 0.4) is 0 Å². The summed E-state index contributed by atoms with van der Waals surface area (Å²) in [7, 11) is 1.22. The van der Waals surface area contributed by atoms with E-state index in [1.54, 1.807) is 24.3 Å². The zero-order chi connectivity index (χ0) is 15.6. The second kappa shape index (κ2) is 5.97. The van der Waals surface area contributed by atoms with Crippen molar-refractivity contribution in [1.29, 1.82) is 0 Å². The number of pyridine rings is 1. The fourth-order valence-corrected chi connectivity index (χ4v) is 2.12. The molecule has 21 heavy (non-hydrogen) atoms. The highest BCUT2D eigenvalue weighted by atomic mass is 35.5. The van der Waals surface area contributed by atoms with Gasteiger partial charge >= 0.3 is 5.97 Å². The minimum Gasteiger partial charge on any atom is -0.505 e. The number of methoxy groups -OCH3 is 1. The number of fused-ring (bicyclic) bond motifs is 1. The summed E-state index contributed by atoms with van der Waals surface area (Å²) >= 11 is 6.01. The Morgan fingerprint density at radius 2 is 1.95 bits per heavy atom. The fraction of sp³-hybridized carbons (Fsp3) is 0.214. The fourth-order valence-electron chi connectivity index (χ4n) is 1.87. The van der Waals surface area contributed by atoms with E-state index in [2.05, 4.69) is 15.0 Å². The van der Waals surface area contributed by atoms with Crippen LogP contribution in [0.5, 0.6) is 5.75 Å². The summed E-state index contributed by atoms with van der Waals surface area (Å²) in [6.07, 6.45) is 0. The monoisotopic (exact) mass is 308 g/mol. The van der Waals surface area contributed by atoms with E-state index in [0.717, 1.165) is 0 Å². The lowest BCUT2D eigenvalue weighted by molar-refractivity contribution is -0.142. The lowest BCUT2D eigenvalue weighted by Gasteiger charge is -2.13. The zero-order valence-electron chi connectivity index (χ0n) is 11.4. The molecule has 1 aromatic carbocycles. The van der Waals surface area contributed by atoms with Gasteiger partial charge in [0.15, 0.2) is 11.4 Å². The van der Waals surface area contributed by atoms with Crippen LogP contribution in [0.1, 0.15) is 17.4 Å². The van der Waals surface area contributed by atoms with Gasteiger partial charge in [0.25, 0.3) is 5.91 Å². The van der Waals surface area contributed by atoms with Crippen molar-refractivity contribution in [3.05, 3.63) is 35.1 Å². The molecular formula is C14H13ClN2O4. The van der Waals surface area contributed by atoms with Gasteiger partial charge in [-0.05, 0) is 6.92 Å². The maximum absolute atomic E-state index is 12.1. The van der Waals surface area contributed by atoms with Gasteiger partial charge in [0.1, 0.15) is 11.2 Å². The van der Waals surface area contributed by atoms with Crippen molar-refractivity contribution in [1.82, 2.24) is 10.3 Å². The van der Waals surface area contributed by atoms with Gasteiger partial charge in [-0.3, -0.25) is 4.79 Å². The number of nitrogens with zero attached hydrogens (tertiary/aromatic N) is 1. The van der Waals surface area contributed by atoms with Gasteiger partial charge in [0, 0.05) is 10.8 Å². The number of nitrogens with one attached hydrogen (secondary N) is 1. The number of aromatic nitrogens is 1. The summed E-state index contributed by atoms with van der Waals surface area (Å²) in [5.74, 6) is -1.60. The van der Waals surface area contributed by atoms with Crippen LogP contribution >= 0.6 is 11.6 Å². The van der Waals surface area contributed by atoms with Crippen molar-refractivity contribution >= 4 is 34.2 Å². The molecule has 0 fully saturated rings. The molecule has 0 spiro atoms. The molecule has 1 amide bonds. The van der Waals surface area contributed by atoms with Gasteiger partial charge in [-0.25, -0.2) is 9.78 Å². The van der Waals surface area contributed by atoms with Crippen molar-refractivity contribution in [2.75, 3.05) is 7.11 Å². The van der Waals surface area contributed by atoms with Gasteiger partial charge in [-0.2, -0.15) is 0 Å². The number of ether oxygens (including phenoxy) is 1. The number of aromatic hydroxyl groups is 1. The van der Waals surface area contributed by atoms with E-state index < -0.39 is 17.9 Å². The summed E-state index contributed by atoms with van der Waals surface area (Å²) in [5.41, 5.74) is -0.241. The van der Waals surface area contributed by atoms with Gasteiger partial charge in [0.2, 0.25) is 0 Å². The van der Waals surface area contributed by atoms with Crippen molar-refractivity contribution in [3.8, 4) is 5.75 Å². The number of esters is 1. The number of carbonyl (C=O) groups excluding carboxylic acids is 2. The Kier molecular flexibility index (Phi) is 4.28. The predicted molar refractivity (Wildman–Crippen MR) is 77.4 cm³/mol. The molecule has 0 aliphatic heterocycles. The Balaban J connectivity index is 2.40. The summed E-state index contributed by atoms with van der Waals surface area (Å²) in [5, 5.41) is 13.6. The molecule has 1 heterocycles. The largest absolute Gasteiger partial charge is 0.505 e. The van der Waals surface area contributed by atoms with E-state index in [0.29, 0.717) is 10.8 Å². The van der Waals surface area contributed by atoms with E-state index in [-0.39, 0.29) is 16.6 Å². The molecule has 6 nitrogen and oxygen atoms in total. The average Bonchev–Trinajstić information content (AvgIpc) is 2.49. The zero-order valence-corrected chi connectivity index (χ0v) is 12.1. The summed E-state index contributed by atoms with van der Waals surface area (Å²) in [4.78, 5) is 27.3. The Morgan fingerprint density at radius 1 is 1.33 bits per heavy atom.